The number of carbonyl (C=O) groups is 1. The summed E-state index contributed by atoms with van der Waals surface area (Å²) in [6.07, 6.45) is 1.61. The predicted molar refractivity (Wildman–Crippen MR) is 80.4 cm³/mol. The van der Waals surface area contributed by atoms with E-state index in [2.05, 4.69) is 25.9 Å². The summed E-state index contributed by atoms with van der Waals surface area (Å²) < 4.78 is 0.953. The summed E-state index contributed by atoms with van der Waals surface area (Å²) in [7, 11) is 0. The van der Waals surface area contributed by atoms with Gasteiger partial charge in [0.15, 0.2) is 0 Å². The van der Waals surface area contributed by atoms with E-state index in [4.69, 9.17) is 0 Å². The molecule has 0 aliphatic heterocycles. The highest BCUT2D eigenvalue weighted by Gasteiger charge is 2.26. The number of benzene rings is 1. The number of hydrogen-bond acceptors (Lipinski definition) is 3. The fourth-order valence-corrected chi connectivity index (χ4v) is 2.43. The standard InChI is InChI=1S/C15H15BrN2O2/c1-9(2)13(15(19)20)14-17-7-6-12(18-14)10-4-3-5-11(16)8-10/h3-9,13H,1-2H3,(H,19,20). The molecule has 0 aliphatic carbocycles. The van der Waals surface area contributed by atoms with Crippen molar-refractivity contribution >= 4 is 21.9 Å². The molecule has 1 atom stereocenters. The van der Waals surface area contributed by atoms with Gasteiger partial charge in [-0.15, -0.1) is 0 Å². The number of rotatable bonds is 4. The molecule has 0 saturated carbocycles. The topological polar surface area (TPSA) is 63.1 Å². The first-order valence-electron chi connectivity index (χ1n) is 6.30. The Hall–Kier alpha value is -1.75. The van der Waals surface area contributed by atoms with Gasteiger partial charge in [-0.3, -0.25) is 4.79 Å². The maximum atomic E-state index is 11.4. The van der Waals surface area contributed by atoms with Crippen LogP contribution < -0.4 is 0 Å². The number of aliphatic carboxylic acids is 1. The van der Waals surface area contributed by atoms with Crippen molar-refractivity contribution in [2.45, 2.75) is 19.8 Å². The Morgan fingerprint density at radius 2 is 2.05 bits per heavy atom. The number of aromatic nitrogens is 2. The van der Waals surface area contributed by atoms with Gasteiger partial charge in [0.1, 0.15) is 11.7 Å². The molecule has 1 heterocycles. The van der Waals surface area contributed by atoms with Crippen LogP contribution in [0.2, 0.25) is 0 Å². The number of carboxylic acids is 1. The SMILES string of the molecule is CC(C)C(C(=O)O)c1nccc(-c2cccc(Br)c2)n1. The van der Waals surface area contributed by atoms with Crippen LogP contribution in [0.15, 0.2) is 41.0 Å². The molecule has 2 rings (SSSR count). The average Bonchev–Trinajstić information content (AvgIpc) is 2.38. The Balaban J connectivity index is 2.44. The van der Waals surface area contributed by atoms with Crippen molar-refractivity contribution in [2.24, 2.45) is 5.92 Å². The maximum absolute atomic E-state index is 11.4. The van der Waals surface area contributed by atoms with Gasteiger partial charge in [0.25, 0.3) is 0 Å². The first kappa shape index (κ1) is 14.7. The minimum atomic E-state index is -0.897. The number of hydrogen-bond donors (Lipinski definition) is 1. The molecule has 0 saturated heterocycles. The highest BCUT2D eigenvalue weighted by Crippen LogP contribution is 2.25. The zero-order valence-corrected chi connectivity index (χ0v) is 12.8. The van der Waals surface area contributed by atoms with Crippen LogP contribution in [0, 0.1) is 5.92 Å². The van der Waals surface area contributed by atoms with Crippen LogP contribution in [-0.4, -0.2) is 21.0 Å². The van der Waals surface area contributed by atoms with Crippen molar-refractivity contribution in [1.82, 2.24) is 9.97 Å². The van der Waals surface area contributed by atoms with Crippen LogP contribution in [0.4, 0.5) is 0 Å². The second-order valence-electron chi connectivity index (χ2n) is 4.87. The van der Waals surface area contributed by atoms with Gasteiger partial charge in [-0.1, -0.05) is 41.9 Å². The molecular weight excluding hydrogens is 320 g/mol. The van der Waals surface area contributed by atoms with Crippen molar-refractivity contribution < 1.29 is 9.90 Å². The lowest BCUT2D eigenvalue weighted by Gasteiger charge is -2.15. The Morgan fingerprint density at radius 3 is 2.65 bits per heavy atom. The summed E-state index contributed by atoms with van der Waals surface area (Å²) in [5.74, 6) is -1.30. The van der Waals surface area contributed by atoms with Crippen molar-refractivity contribution in [3.63, 3.8) is 0 Å². The molecule has 0 radical (unpaired) electrons. The predicted octanol–water partition coefficient (Wildman–Crippen LogP) is 3.73. The fraction of sp³-hybridized carbons (Fsp3) is 0.267. The molecule has 0 spiro atoms. The summed E-state index contributed by atoms with van der Waals surface area (Å²) in [6.45, 7) is 3.71. The monoisotopic (exact) mass is 334 g/mol. The molecule has 1 aromatic carbocycles. The van der Waals surface area contributed by atoms with Gasteiger partial charge >= 0.3 is 5.97 Å². The molecule has 0 bridgehead atoms. The zero-order chi connectivity index (χ0) is 14.7. The van der Waals surface area contributed by atoms with E-state index in [1.54, 1.807) is 12.3 Å². The number of carboxylic acid groups (broad SMARTS) is 1. The number of nitrogens with zero attached hydrogens (tertiary/aromatic N) is 2. The molecule has 0 amide bonds. The Bertz CT molecular complexity index is 629. The van der Waals surface area contributed by atoms with Gasteiger partial charge in [0, 0.05) is 16.2 Å². The van der Waals surface area contributed by atoms with Crippen LogP contribution >= 0.6 is 15.9 Å². The molecule has 0 fully saturated rings. The second kappa shape index (κ2) is 6.13. The van der Waals surface area contributed by atoms with E-state index in [-0.39, 0.29) is 5.92 Å². The summed E-state index contributed by atoms with van der Waals surface area (Å²) in [6, 6.07) is 9.50. The summed E-state index contributed by atoms with van der Waals surface area (Å²) in [5.41, 5.74) is 1.65. The molecule has 4 nitrogen and oxygen atoms in total. The van der Waals surface area contributed by atoms with Crippen LogP contribution in [0.1, 0.15) is 25.6 Å². The molecule has 104 valence electrons. The molecule has 0 aliphatic rings. The third kappa shape index (κ3) is 3.22. The lowest BCUT2D eigenvalue weighted by molar-refractivity contribution is -0.140. The van der Waals surface area contributed by atoms with Crippen LogP contribution in [0.5, 0.6) is 0 Å². The van der Waals surface area contributed by atoms with E-state index >= 15 is 0 Å². The van der Waals surface area contributed by atoms with E-state index in [1.807, 2.05) is 38.1 Å². The average molecular weight is 335 g/mol. The number of halogens is 1. The third-order valence-electron chi connectivity index (χ3n) is 3.01. The quantitative estimate of drug-likeness (QED) is 0.925. The van der Waals surface area contributed by atoms with Gasteiger partial charge in [-0.05, 0) is 24.1 Å². The minimum absolute atomic E-state index is 0.0646. The summed E-state index contributed by atoms with van der Waals surface area (Å²) >= 11 is 3.42. The van der Waals surface area contributed by atoms with Gasteiger partial charge in [-0.25, -0.2) is 9.97 Å². The van der Waals surface area contributed by atoms with Crippen molar-refractivity contribution in [3.05, 3.63) is 46.8 Å². The molecule has 1 unspecified atom stereocenters. The highest BCUT2D eigenvalue weighted by molar-refractivity contribution is 9.10. The summed E-state index contributed by atoms with van der Waals surface area (Å²) in [5, 5.41) is 9.32. The van der Waals surface area contributed by atoms with E-state index in [0.717, 1.165) is 15.7 Å². The molecule has 1 aromatic heterocycles. The first-order chi connectivity index (χ1) is 9.49. The van der Waals surface area contributed by atoms with Crippen LogP contribution in [0.25, 0.3) is 11.3 Å². The van der Waals surface area contributed by atoms with Gasteiger partial charge in [0.2, 0.25) is 0 Å². The largest absolute Gasteiger partial charge is 0.481 e. The second-order valence-corrected chi connectivity index (χ2v) is 5.79. The van der Waals surface area contributed by atoms with Crippen LogP contribution in [0.3, 0.4) is 0 Å². The Morgan fingerprint density at radius 1 is 1.30 bits per heavy atom. The molecule has 1 N–H and O–H groups in total. The highest BCUT2D eigenvalue weighted by atomic mass is 79.9. The van der Waals surface area contributed by atoms with Crippen molar-refractivity contribution in [1.29, 1.82) is 0 Å². The van der Waals surface area contributed by atoms with Crippen LogP contribution in [-0.2, 0) is 4.79 Å². The van der Waals surface area contributed by atoms with E-state index in [1.165, 1.54) is 0 Å². The zero-order valence-electron chi connectivity index (χ0n) is 11.2. The van der Waals surface area contributed by atoms with Gasteiger partial charge < -0.3 is 5.11 Å². The van der Waals surface area contributed by atoms with Crippen molar-refractivity contribution in [2.75, 3.05) is 0 Å². The normalized spacial score (nSPS) is 12.4. The smallest absolute Gasteiger partial charge is 0.314 e. The fourth-order valence-electron chi connectivity index (χ4n) is 2.03. The van der Waals surface area contributed by atoms with Gasteiger partial charge in [-0.2, -0.15) is 0 Å². The maximum Gasteiger partial charge on any atom is 0.314 e. The van der Waals surface area contributed by atoms with E-state index in [9.17, 15) is 9.90 Å². The third-order valence-corrected chi connectivity index (χ3v) is 3.50. The lowest BCUT2D eigenvalue weighted by atomic mass is 9.95. The van der Waals surface area contributed by atoms with Gasteiger partial charge in [0.05, 0.1) is 5.69 Å². The Labute approximate surface area is 126 Å². The molecule has 20 heavy (non-hydrogen) atoms. The molecular formula is C15H15BrN2O2. The van der Waals surface area contributed by atoms with Crippen molar-refractivity contribution in [3.8, 4) is 11.3 Å². The minimum Gasteiger partial charge on any atom is -0.481 e. The Kier molecular flexibility index (Phi) is 4.49. The summed E-state index contributed by atoms with van der Waals surface area (Å²) in [4.78, 5) is 19.9. The lowest BCUT2D eigenvalue weighted by Crippen LogP contribution is -2.20. The van der Waals surface area contributed by atoms with E-state index in [0.29, 0.717) is 5.82 Å². The molecule has 2 aromatic rings. The van der Waals surface area contributed by atoms with E-state index < -0.39 is 11.9 Å². The first-order valence-corrected chi connectivity index (χ1v) is 7.10. The molecule has 5 heteroatoms.